The molecule has 1 aromatic rings. The van der Waals surface area contributed by atoms with Crippen molar-refractivity contribution in [3.05, 3.63) is 16.3 Å². The van der Waals surface area contributed by atoms with Gasteiger partial charge in [0.2, 0.25) is 10.0 Å². The summed E-state index contributed by atoms with van der Waals surface area (Å²) in [7, 11) is -3.41. The summed E-state index contributed by atoms with van der Waals surface area (Å²) in [6.07, 6.45) is 2.67. The van der Waals surface area contributed by atoms with Crippen LogP contribution in [0, 0.1) is 0 Å². The van der Waals surface area contributed by atoms with E-state index in [1.54, 1.807) is 6.07 Å². The van der Waals surface area contributed by atoms with Crippen LogP contribution in [0.3, 0.4) is 0 Å². The van der Waals surface area contributed by atoms with E-state index in [-0.39, 0.29) is 6.04 Å². The highest BCUT2D eigenvalue weighted by Gasteiger charge is 2.22. The average Bonchev–Trinajstić information content (AvgIpc) is 2.84. The van der Waals surface area contributed by atoms with Crippen molar-refractivity contribution in [2.24, 2.45) is 0 Å². The molecule has 0 amide bonds. The van der Waals surface area contributed by atoms with Crippen molar-refractivity contribution < 1.29 is 8.42 Å². The lowest BCUT2D eigenvalue weighted by Gasteiger charge is -2.17. The van der Waals surface area contributed by atoms with Crippen molar-refractivity contribution in [1.29, 1.82) is 0 Å². The zero-order valence-electron chi connectivity index (χ0n) is 12.8. The fourth-order valence-corrected chi connectivity index (χ4v) is 4.72. The molecular weight excluding hydrogens is 292 g/mol. The van der Waals surface area contributed by atoms with Gasteiger partial charge < -0.3 is 5.32 Å². The van der Waals surface area contributed by atoms with E-state index < -0.39 is 10.0 Å². The Balaban J connectivity index is 2.84. The van der Waals surface area contributed by atoms with Crippen LogP contribution in [0.25, 0.3) is 0 Å². The maximum atomic E-state index is 12.5. The Bertz CT molecular complexity index is 495. The van der Waals surface area contributed by atoms with Crippen molar-refractivity contribution >= 4 is 21.4 Å². The summed E-state index contributed by atoms with van der Waals surface area (Å²) in [5.41, 5.74) is 0. The average molecular weight is 319 g/mol. The Morgan fingerprint density at radius 1 is 1.30 bits per heavy atom. The SMILES string of the molecule is CCCC(CC)NS(=O)(=O)c1ccsc1CNC(C)C. The first kappa shape index (κ1) is 17.6. The van der Waals surface area contributed by atoms with Crippen molar-refractivity contribution in [3.63, 3.8) is 0 Å². The third-order valence-corrected chi connectivity index (χ3v) is 5.77. The van der Waals surface area contributed by atoms with E-state index in [2.05, 4.69) is 17.0 Å². The Labute approximate surface area is 127 Å². The number of nitrogens with one attached hydrogen (secondary N) is 2. The van der Waals surface area contributed by atoms with E-state index in [1.165, 1.54) is 11.3 Å². The standard InChI is InChI=1S/C14H26N2O2S2/c1-5-7-12(6-2)16-20(17,18)14-8-9-19-13(14)10-15-11(3)4/h8-9,11-12,15-16H,5-7,10H2,1-4H3. The summed E-state index contributed by atoms with van der Waals surface area (Å²) in [4.78, 5) is 1.29. The lowest BCUT2D eigenvalue weighted by molar-refractivity contribution is 0.511. The number of thiophene rings is 1. The fourth-order valence-electron chi connectivity index (χ4n) is 1.97. The van der Waals surface area contributed by atoms with Crippen LogP contribution in [-0.2, 0) is 16.6 Å². The molecule has 0 saturated carbocycles. The van der Waals surface area contributed by atoms with Crippen molar-refractivity contribution in [2.45, 2.75) is 70.5 Å². The third-order valence-electron chi connectivity index (χ3n) is 3.12. The second-order valence-corrected chi connectivity index (χ2v) is 7.94. The van der Waals surface area contributed by atoms with Gasteiger partial charge in [0.15, 0.2) is 0 Å². The summed E-state index contributed by atoms with van der Waals surface area (Å²) in [5.74, 6) is 0. The fraction of sp³-hybridized carbons (Fsp3) is 0.714. The Morgan fingerprint density at radius 3 is 2.55 bits per heavy atom. The lowest BCUT2D eigenvalue weighted by Crippen LogP contribution is -2.34. The van der Waals surface area contributed by atoms with Crippen LogP contribution >= 0.6 is 11.3 Å². The van der Waals surface area contributed by atoms with Gasteiger partial charge >= 0.3 is 0 Å². The van der Waals surface area contributed by atoms with Crippen LogP contribution < -0.4 is 10.0 Å². The first-order valence-corrected chi connectivity index (χ1v) is 9.59. The Kier molecular flexibility index (Phi) is 7.15. The van der Waals surface area contributed by atoms with Crippen molar-refractivity contribution in [2.75, 3.05) is 0 Å². The summed E-state index contributed by atoms with van der Waals surface area (Å²) in [6.45, 7) is 8.77. The van der Waals surface area contributed by atoms with E-state index in [9.17, 15) is 8.42 Å². The minimum Gasteiger partial charge on any atom is -0.310 e. The number of hydrogen-bond acceptors (Lipinski definition) is 4. The van der Waals surface area contributed by atoms with Gasteiger partial charge in [0.25, 0.3) is 0 Å². The van der Waals surface area contributed by atoms with Gasteiger partial charge in [-0.15, -0.1) is 11.3 Å². The first-order chi connectivity index (χ1) is 9.40. The maximum Gasteiger partial charge on any atom is 0.241 e. The van der Waals surface area contributed by atoms with Crippen molar-refractivity contribution in [1.82, 2.24) is 10.0 Å². The molecule has 6 heteroatoms. The molecule has 1 rings (SSSR count). The minimum absolute atomic E-state index is 0.0239. The van der Waals surface area contributed by atoms with E-state index in [0.717, 1.165) is 24.1 Å². The highest BCUT2D eigenvalue weighted by atomic mass is 32.2. The molecule has 1 atom stereocenters. The van der Waals surface area contributed by atoms with Gasteiger partial charge in [0.1, 0.15) is 0 Å². The molecule has 1 unspecified atom stereocenters. The minimum atomic E-state index is -3.41. The number of rotatable bonds is 9. The number of sulfonamides is 1. The molecule has 0 bridgehead atoms. The van der Waals surface area contributed by atoms with Crippen LogP contribution in [0.4, 0.5) is 0 Å². The molecule has 0 aromatic carbocycles. The molecule has 1 heterocycles. The van der Waals surface area contributed by atoms with Crippen LogP contribution in [-0.4, -0.2) is 20.5 Å². The Hall–Kier alpha value is -0.430. The van der Waals surface area contributed by atoms with Gasteiger partial charge in [-0.05, 0) is 24.3 Å². The maximum absolute atomic E-state index is 12.5. The number of hydrogen-bond donors (Lipinski definition) is 2. The summed E-state index contributed by atoms with van der Waals surface area (Å²) >= 11 is 1.48. The van der Waals surface area contributed by atoms with Gasteiger partial charge in [-0.3, -0.25) is 0 Å². The molecule has 0 spiro atoms. The molecular formula is C14H26N2O2S2. The van der Waals surface area contributed by atoms with E-state index >= 15 is 0 Å². The molecule has 1 aromatic heterocycles. The van der Waals surface area contributed by atoms with Crippen LogP contribution in [0.5, 0.6) is 0 Å². The van der Waals surface area contributed by atoms with Gasteiger partial charge in [-0.1, -0.05) is 34.1 Å². The molecule has 0 fully saturated rings. The van der Waals surface area contributed by atoms with Crippen molar-refractivity contribution in [3.8, 4) is 0 Å². The van der Waals surface area contributed by atoms with Gasteiger partial charge in [0.05, 0.1) is 4.90 Å². The first-order valence-electron chi connectivity index (χ1n) is 7.22. The molecule has 0 aliphatic rings. The molecule has 0 aliphatic carbocycles. The quantitative estimate of drug-likeness (QED) is 0.735. The zero-order chi connectivity index (χ0) is 15.2. The molecule has 116 valence electrons. The molecule has 2 N–H and O–H groups in total. The highest BCUT2D eigenvalue weighted by Crippen LogP contribution is 2.22. The van der Waals surface area contributed by atoms with Crippen LogP contribution in [0.1, 0.15) is 51.8 Å². The predicted octanol–water partition coefficient (Wildman–Crippen LogP) is 3.10. The summed E-state index contributed by atoms with van der Waals surface area (Å²) in [6, 6.07) is 2.06. The molecule has 4 nitrogen and oxygen atoms in total. The highest BCUT2D eigenvalue weighted by molar-refractivity contribution is 7.89. The molecule has 20 heavy (non-hydrogen) atoms. The van der Waals surface area contributed by atoms with Gasteiger partial charge in [-0.25, -0.2) is 13.1 Å². The summed E-state index contributed by atoms with van der Waals surface area (Å²) in [5, 5.41) is 5.11. The summed E-state index contributed by atoms with van der Waals surface area (Å²) < 4.78 is 27.8. The van der Waals surface area contributed by atoms with E-state index in [4.69, 9.17) is 0 Å². The second kappa shape index (κ2) is 8.12. The second-order valence-electron chi connectivity index (χ2n) is 5.26. The molecule has 0 radical (unpaired) electrons. The Morgan fingerprint density at radius 2 is 2.00 bits per heavy atom. The predicted molar refractivity (Wildman–Crippen MR) is 85.6 cm³/mol. The molecule has 0 aliphatic heterocycles. The largest absolute Gasteiger partial charge is 0.310 e. The third kappa shape index (κ3) is 5.16. The molecule has 0 saturated heterocycles. The zero-order valence-corrected chi connectivity index (χ0v) is 14.4. The van der Waals surface area contributed by atoms with Gasteiger partial charge in [0, 0.05) is 23.5 Å². The van der Waals surface area contributed by atoms with Crippen LogP contribution in [0.2, 0.25) is 0 Å². The van der Waals surface area contributed by atoms with Gasteiger partial charge in [-0.2, -0.15) is 0 Å². The van der Waals surface area contributed by atoms with E-state index in [1.807, 2.05) is 26.2 Å². The lowest BCUT2D eigenvalue weighted by atomic mass is 10.1. The smallest absolute Gasteiger partial charge is 0.241 e. The van der Waals surface area contributed by atoms with Crippen LogP contribution in [0.15, 0.2) is 16.3 Å². The normalized spacial score (nSPS) is 13.8. The topological polar surface area (TPSA) is 58.2 Å². The monoisotopic (exact) mass is 318 g/mol. The van der Waals surface area contributed by atoms with E-state index in [0.29, 0.717) is 17.5 Å².